The molecule has 5 nitrogen and oxygen atoms in total. The minimum absolute atomic E-state index is 0.254. The minimum atomic E-state index is -0.413. The molecule has 3 N–H and O–H groups in total. The van der Waals surface area contributed by atoms with Gasteiger partial charge in [0, 0.05) is 12.1 Å². The van der Waals surface area contributed by atoms with Gasteiger partial charge in [0.2, 0.25) is 0 Å². The number of carbonyl (C=O) groups is 2. The number of nitrogens with one attached hydrogen (secondary N) is 3. The van der Waals surface area contributed by atoms with E-state index < -0.39 is 6.03 Å². The van der Waals surface area contributed by atoms with Gasteiger partial charge in [0.25, 0.3) is 5.91 Å². The monoisotopic (exact) mass is 342 g/mol. The summed E-state index contributed by atoms with van der Waals surface area (Å²) in [6, 6.07) is 14.1. The summed E-state index contributed by atoms with van der Waals surface area (Å²) >= 11 is 0. The van der Waals surface area contributed by atoms with Crippen LogP contribution in [0.15, 0.2) is 42.5 Å². The predicted molar refractivity (Wildman–Crippen MR) is 100 cm³/mol. The lowest BCUT2D eigenvalue weighted by molar-refractivity contribution is -0.885. The van der Waals surface area contributed by atoms with Gasteiger partial charge in [-0.15, -0.1) is 0 Å². The van der Waals surface area contributed by atoms with Crippen molar-refractivity contribution in [3.63, 3.8) is 0 Å². The van der Waals surface area contributed by atoms with Crippen molar-refractivity contribution in [1.82, 2.24) is 10.6 Å². The van der Waals surface area contributed by atoms with Gasteiger partial charge in [0.05, 0.1) is 7.05 Å². The Bertz CT molecular complexity index is 728. The largest absolute Gasteiger partial charge is 0.338 e. The van der Waals surface area contributed by atoms with E-state index in [1.165, 1.54) is 16.3 Å². The maximum Gasteiger partial charge on any atom is 0.321 e. The zero-order valence-electron chi connectivity index (χ0n) is 15.3. The summed E-state index contributed by atoms with van der Waals surface area (Å²) < 4.78 is 0. The summed E-state index contributed by atoms with van der Waals surface area (Å²) in [5.41, 5.74) is 1.17. The quantitative estimate of drug-likeness (QED) is 0.717. The van der Waals surface area contributed by atoms with Gasteiger partial charge in [-0.25, -0.2) is 4.79 Å². The molecule has 134 valence electrons. The van der Waals surface area contributed by atoms with Crippen molar-refractivity contribution in [1.29, 1.82) is 0 Å². The molecule has 0 bridgehead atoms. The molecule has 25 heavy (non-hydrogen) atoms. The van der Waals surface area contributed by atoms with E-state index in [1.807, 2.05) is 19.2 Å². The molecule has 0 spiro atoms. The summed E-state index contributed by atoms with van der Waals surface area (Å²) in [6.07, 6.45) is 0.898. The summed E-state index contributed by atoms with van der Waals surface area (Å²) in [7, 11) is 1.95. The maximum absolute atomic E-state index is 12.0. The molecule has 0 fully saturated rings. The Kier molecular flexibility index (Phi) is 6.95. The highest BCUT2D eigenvalue weighted by Crippen LogP contribution is 2.14. The first-order valence-corrected chi connectivity index (χ1v) is 8.80. The zero-order valence-corrected chi connectivity index (χ0v) is 15.3. The number of hydrogen-bond acceptors (Lipinski definition) is 2. The van der Waals surface area contributed by atoms with Crippen molar-refractivity contribution in [3.8, 4) is 0 Å². The van der Waals surface area contributed by atoms with Crippen LogP contribution in [-0.4, -0.2) is 32.1 Å². The van der Waals surface area contributed by atoms with Gasteiger partial charge >= 0.3 is 6.03 Å². The average Bonchev–Trinajstić information content (AvgIpc) is 2.54. The number of likely N-dealkylation sites (N-methyl/N-ethyl adjacent to an activating group) is 1. The van der Waals surface area contributed by atoms with Crippen LogP contribution in [0.5, 0.6) is 0 Å². The topological polar surface area (TPSA) is 62.6 Å². The number of carbonyl (C=O) groups excluding carboxylic acids is 2. The molecule has 0 aliphatic rings. The van der Waals surface area contributed by atoms with Gasteiger partial charge in [-0.05, 0) is 29.2 Å². The summed E-state index contributed by atoms with van der Waals surface area (Å²) in [4.78, 5) is 24.7. The molecule has 0 saturated carbocycles. The molecule has 0 aromatic heterocycles. The highest BCUT2D eigenvalue weighted by atomic mass is 16.2. The molecule has 0 radical (unpaired) electrons. The van der Waals surface area contributed by atoms with Gasteiger partial charge in [0.15, 0.2) is 6.54 Å². The molecule has 0 heterocycles. The van der Waals surface area contributed by atoms with Crippen LogP contribution in [0.4, 0.5) is 4.79 Å². The molecule has 3 amide bonds. The van der Waals surface area contributed by atoms with Gasteiger partial charge in [-0.3, -0.25) is 10.1 Å². The number of imide groups is 1. The standard InChI is InChI=1S/C20H27N3O2/c1-15(2)10-11-21-20(25)22-19(24)14-23(3)13-16-8-9-17-6-4-5-7-18(17)12-16/h4-9,12,15H,10-11,13-14H2,1-3H3,(H2,21,22,24,25)/p+1. The van der Waals surface area contributed by atoms with Crippen LogP contribution in [-0.2, 0) is 11.3 Å². The fourth-order valence-corrected chi connectivity index (χ4v) is 2.72. The van der Waals surface area contributed by atoms with Crippen LogP contribution in [0.2, 0.25) is 0 Å². The van der Waals surface area contributed by atoms with Crippen LogP contribution in [0.25, 0.3) is 10.8 Å². The third kappa shape index (κ3) is 6.55. The van der Waals surface area contributed by atoms with Crippen molar-refractivity contribution in [3.05, 3.63) is 48.0 Å². The van der Waals surface area contributed by atoms with Crippen molar-refractivity contribution in [2.45, 2.75) is 26.8 Å². The van der Waals surface area contributed by atoms with Gasteiger partial charge in [-0.1, -0.05) is 50.2 Å². The van der Waals surface area contributed by atoms with Crippen LogP contribution in [0, 0.1) is 5.92 Å². The highest BCUT2D eigenvalue weighted by Gasteiger charge is 2.13. The molecular formula is C20H28N3O2+. The second-order valence-electron chi connectivity index (χ2n) is 6.98. The lowest BCUT2D eigenvalue weighted by atomic mass is 10.1. The number of rotatable bonds is 7. The van der Waals surface area contributed by atoms with Crippen LogP contribution in [0.3, 0.4) is 0 Å². The van der Waals surface area contributed by atoms with Gasteiger partial charge < -0.3 is 10.2 Å². The van der Waals surface area contributed by atoms with E-state index in [1.54, 1.807) is 0 Å². The van der Waals surface area contributed by atoms with Crippen molar-refractivity contribution < 1.29 is 14.5 Å². The molecule has 0 aliphatic carbocycles. The van der Waals surface area contributed by atoms with E-state index in [-0.39, 0.29) is 12.5 Å². The smallest absolute Gasteiger partial charge is 0.321 e. The van der Waals surface area contributed by atoms with Gasteiger partial charge in [-0.2, -0.15) is 0 Å². The number of fused-ring (bicyclic) bond motifs is 1. The van der Waals surface area contributed by atoms with Crippen molar-refractivity contribution in [2.24, 2.45) is 5.92 Å². The maximum atomic E-state index is 12.0. The summed E-state index contributed by atoms with van der Waals surface area (Å²) in [6.45, 7) is 5.75. The Hall–Kier alpha value is -2.40. The van der Waals surface area contributed by atoms with Crippen LogP contribution in [0.1, 0.15) is 25.8 Å². The predicted octanol–water partition coefficient (Wildman–Crippen LogP) is 1.73. The molecule has 2 rings (SSSR count). The van der Waals surface area contributed by atoms with Crippen LogP contribution >= 0.6 is 0 Å². The second kappa shape index (κ2) is 9.18. The summed E-state index contributed by atoms with van der Waals surface area (Å²) in [5.74, 6) is 0.258. The SMILES string of the molecule is CC(C)CCNC(=O)NC(=O)C[NH+](C)Cc1ccc2ccccc2c1. The normalized spacial score (nSPS) is 12.2. The Balaban J connectivity index is 1.79. The molecule has 2 aromatic rings. The van der Waals surface area contributed by atoms with Gasteiger partial charge in [0.1, 0.15) is 6.54 Å². The van der Waals surface area contributed by atoms with E-state index in [0.29, 0.717) is 12.5 Å². The molecule has 0 saturated heterocycles. The molecular weight excluding hydrogens is 314 g/mol. The third-order valence-electron chi connectivity index (χ3n) is 4.04. The Morgan fingerprint density at radius 3 is 2.52 bits per heavy atom. The molecule has 2 aromatic carbocycles. The number of hydrogen-bond donors (Lipinski definition) is 3. The Morgan fingerprint density at radius 1 is 1.08 bits per heavy atom. The second-order valence-corrected chi connectivity index (χ2v) is 6.98. The van der Waals surface area contributed by atoms with E-state index in [9.17, 15) is 9.59 Å². The van der Waals surface area contributed by atoms with E-state index in [2.05, 4.69) is 54.8 Å². The summed E-state index contributed by atoms with van der Waals surface area (Å²) in [5, 5.41) is 7.50. The lowest BCUT2D eigenvalue weighted by Gasteiger charge is -2.14. The molecule has 1 unspecified atom stereocenters. The van der Waals surface area contributed by atoms with E-state index in [0.717, 1.165) is 17.9 Å². The number of amides is 3. The lowest BCUT2D eigenvalue weighted by Crippen LogP contribution is -3.09. The van der Waals surface area contributed by atoms with Crippen molar-refractivity contribution >= 4 is 22.7 Å². The zero-order chi connectivity index (χ0) is 18.2. The van der Waals surface area contributed by atoms with E-state index in [4.69, 9.17) is 0 Å². The average molecular weight is 342 g/mol. The first-order valence-electron chi connectivity index (χ1n) is 8.80. The number of quaternary nitrogens is 1. The molecule has 1 atom stereocenters. The fraction of sp³-hybridized carbons (Fsp3) is 0.400. The minimum Gasteiger partial charge on any atom is -0.338 e. The first kappa shape index (κ1) is 18.9. The Labute approximate surface area is 149 Å². The highest BCUT2D eigenvalue weighted by molar-refractivity contribution is 5.94. The third-order valence-corrected chi connectivity index (χ3v) is 4.04. The van der Waals surface area contributed by atoms with Crippen LogP contribution < -0.4 is 15.5 Å². The molecule has 0 aliphatic heterocycles. The van der Waals surface area contributed by atoms with E-state index >= 15 is 0 Å². The van der Waals surface area contributed by atoms with Crippen molar-refractivity contribution in [2.75, 3.05) is 20.1 Å². The Morgan fingerprint density at radius 2 is 1.80 bits per heavy atom. The fourth-order valence-electron chi connectivity index (χ4n) is 2.72. The number of urea groups is 1. The first-order chi connectivity index (χ1) is 11.9. The molecule has 5 heteroatoms. The number of benzene rings is 2.